The lowest BCUT2D eigenvalue weighted by atomic mass is 10.1. The molecule has 1 unspecified atom stereocenters. The van der Waals surface area contributed by atoms with Gasteiger partial charge < -0.3 is 29.0 Å². The van der Waals surface area contributed by atoms with Gasteiger partial charge in [0.15, 0.2) is 6.10 Å². The van der Waals surface area contributed by atoms with Gasteiger partial charge in [0.1, 0.15) is 42.2 Å². The van der Waals surface area contributed by atoms with Crippen molar-refractivity contribution in [1.82, 2.24) is 4.90 Å². The molecule has 3 aromatic carbocycles. The highest BCUT2D eigenvalue weighted by Gasteiger charge is 2.19. The van der Waals surface area contributed by atoms with Gasteiger partial charge in [-0.3, -0.25) is 0 Å². The van der Waals surface area contributed by atoms with Crippen molar-refractivity contribution in [3.05, 3.63) is 95.3 Å². The maximum Gasteiger partial charge on any atom is 0.410 e. The summed E-state index contributed by atoms with van der Waals surface area (Å²) < 4.78 is 62.1. The number of benzene rings is 3. The molecular weight excluding hydrogens is 555 g/mol. The van der Waals surface area contributed by atoms with Crippen molar-refractivity contribution in [3.63, 3.8) is 0 Å². The number of amides is 1. The number of unbranched alkanes of at least 4 members (excludes halogenated alkanes) is 1. The number of carbonyl (C=O) groups excluding carboxylic acids is 1. The van der Waals surface area contributed by atoms with Crippen molar-refractivity contribution >= 4 is 12.1 Å². The number of carboxylic acids is 1. The molecule has 0 aromatic heterocycles. The van der Waals surface area contributed by atoms with Crippen LogP contribution in [0.1, 0.15) is 30.9 Å². The van der Waals surface area contributed by atoms with Crippen LogP contribution in [0.15, 0.2) is 66.7 Å². The molecule has 226 valence electrons. The van der Waals surface area contributed by atoms with Crippen LogP contribution >= 0.6 is 0 Å². The zero-order valence-electron chi connectivity index (χ0n) is 23.3. The number of rotatable bonds is 17. The Balaban J connectivity index is 1.52. The summed E-state index contributed by atoms with van der Waals surface area (Å²) in [7, 11) is 0. The molecule has 0 heterocycles. The van der Waals surface area contributed by atoms with Crippen LogP contribution in [0.3, 0.4) is 0 Å². The highest BCUT2D eigenvalue weighted by molar-refractivity contribution is 5.72. The van der Waals surface area contributed by atoms with Crippen LogP contribution in [0.5, 0.6) is 11.5 Å². The van der Waals surface area contributed by atoms with Crippen molar-refractivity contribution in [2.45, 2.75) is 38.9 Å². The van der Waals surface area contributed by atoms with E-state index in [4.69, 9.17) is 18.9 Å². The number of hydrogen-bond donors (Lipinski definition) is 1. The SMILES string of the molecule is CCOC(Cc1ccc(OCCN(CCCCOc2ccc(F)cc2)C(=O)OCc2ccc(F)cc2F)cc1)C(=O)O. The first-order chi connectivity index (χ1) is 20.2. The number of hydrogen-bond acceptors (Lipinski definition) is 6. The molecule has 1 amide bonds. The van der Waals surface area contributed by atoms with E-state index in [1.54, 1.807) is 31.2 Å². The van der Waals surface area contributed by atoms with Crippen molar-refractivity contribution < 1.29 is 46.8 Å². The van der Waals surface area contributed by atoms with Crippen LogP contribution in [0.25, 0.3) is 0 Å². The molecule has 1 atom stereocenters. The molecule has 3 aromatic rings. The minimum absolute atomic E-state index is 0.0446. The first-order valence-corrected chi connectivity index (χ1v) is 13.5. The van der Waals surface area contributed by atoms with E-state index in [1.165, 1.54) is 35.2 Å². The van der Waals surface area contributed by atoms with Crippen LogP contribution in [-0.2, 0) is 27.3 Å². The van der Waals surface area contributed by atoms with Gasteiger partial charge in [-0.05, 0) is 73.9 Å². The Morgan fingerprint density at radius 1 is 0.833 bits per heavy atom. The lowest BCUT2D eigenvalue weighted by Gasteiger charge is -2.22. The summed E-state index contributed by atoms with van der Waals surface area (Å²) in [4.78, 5) is 25.6. The van der Waals surface area contributed by atoms with Gasteiger partial charge in [0.25, 0.3) is 0 Å². The fourth-order valence-corrected chi connectivity index (χ4v) is 3.92. The molecule has 0 spiro atoms. The maximum absolute atomic E-state index is 14.0. The maximum atomic E-state index is 14.0. The monoisotopic (exact) mass is 589 g/mol. The molecule has 0 bridgehead atoms. The zero-order chi connectivity index (χ0) is 30.3. The number of halogens is 3. The third kappa shape index (κ3) is 11.0. The average Bonchev–Trinajstić information content (AvgIpc) is 2.97. The number of carbonyl (C=O) groups is 2. The molecule has 0 radical (unpaired) electrons. The number of carboxylic acid groups (broad SMARTS) is 1. The largest absolute Gasteiger partial charge is 0.494 e. The molecule has 8 nitrogen and oxygen atoms in total. The standard InChI is InChI=1S/C31H34F3NO7/c1-2-39-29(30(36)37)19-22-5-11-26(12-6-22)41-18-16-35(15-3-4-17-40-27-13-9-24(32)10-14-27)31(38)42-21-23-7-8-25(33)20-28(23)34/h5-14,20,29H,2-4,15-19,21H2,1H3,(H,36,37). The van der Waals surface area contributed by atoms with E-state index in [-0.39, 0.29) is 44.2 Å². The van der Waals surface area contributed by atoms with Gasteiger partial charge in [-0.2, -0.15) is 0 Å². The first-order valence-electron chi connectivity index (χ1n) is 13.5. The number of aliphatic carboxylic acids is 1. The lowest BCUT2D eigenvalue weighted by Crippen LogP contribution is -2.36. The summed E-state index contributed by atoms with van der Waals surface area (Å²) in [6.45, 7) is 2.60. The summed E-state index contributed by atoms with van der Waals surface area (Å²) in [6.07, 6.45) is -0.267. The third-order valence-electron chi connectivity index (χ3n) is 6.15. The highest BCUT2D eigenvalue weighted by atomic mass is 19.1. The van der Waals surface area contributed by atoms with E-state index >= 15 is 0 Å². The predicted octanol–water partition coefficient (Wildman–Crippen LogP) is 6.01. The molecule has 11 heteroatoms. The fraction of sp³-hybridized carbons (Fsp3) is 0.355. The van der Waals surface area contributed by atoms with E-state index in [0.29, 0.717) is 37.5 Å². The van der Waals surface area contributed by atoms with Crippen LogP contribution in [-0.4, -0.2) is 61.1 Å². The van der Waals surface area contributed by atoms with Gasteiger partial charge in [0.2, 0.25) is 0 Å². The summed E-state index contributed by atoms with van der Waals surface area (Å²) in [5.74, 6) is -1.87. The number of nitrogens with zero attached hydrogens (tertiary/aromatic N) is 1. The van der Waals surface area contributed by atoms with Crippen LogP contribution in [0.4, 0.5) is 18.0 Å². The zero-order valence-corrected chi connectivity index (χ0v) is 23.3. The topological polar surface area (TPSA) is 94.5 Å². The molecule has 0 aliphatic carbocycles. The molecule has 0 saturated carbocycles. The molecular formula is C31H34F3NO7. The van der Waals surface area contributed by atoms with Crippen molar-refractivity contribution in [1.29, 1.82) is 0 Å². The van der Waals surface area contributed by atoms with Crippen molar-refractivity contribution in [2.24, 2.45) is 0 Å². The molecule has 0 aliphatic rings. The Kier molecular flexibility index (Phi) is 13.0. The molecule has 0 saturated heterocycles. The Bertz CT molecular complexity index is 1270. The molecule has 1 N–H and O–H groups in total. The van der Waals surface area contributed by atoms with Crippen molar-refractivity contribution in [2.75, 3.05) is 32.9 Å². The first kappa shape index (κ1) is 32.3. The number of ether oxygens (including phenoxy) is 4. The second-order valence-corrected chi connectivity index (χ2v) is 9.27. The normalized spacial score (nSPS) is 11.5. The van der Waals surface area contributed by atoms with Gasteiger partial charge in [-0.1, -0.05) is 12.1 Å². The molecule has 3 rings (SSSR count). The minimum atomic E-state index is -1.03. The third-order valence-corrected chi connectivity index (χ3v) is 6.15. The second kappa shape index (κ2) is 16.9. The summed E-state index contributed by atoms with van der Waals surface area (Å²) in [6, 6.07) is 15.6. The van der Waals surface area contributed by atoms with E-state index < -0.39 is 29.8 Å². The fourth-order valence-electron chi connectivity index (χ4n) is 3.92. The second-order valence-electron chi connectivity index (χ2n) is 9.27. The summed E-state index contributed by atoms with van der Waals surface area (Å²) in [5.41, 5.74) is 0.812. The Labute approximate surface area is 242 Å². The van der Waals surface area contributed by atoms with E-state index in [1.807, 2.05) is 0 Å². The van der Waals surface area contributed by atoms with Crippen LogP contribution in [0.2, 0.25) is 0 Å². The lowest BCUT2D eigenvalue weighted by molar-refractivity contribution is -0.149. The van der Waals surface area contributed by atoms with Crippen LogP contribution < -0.4 is 9.47 Å². The Hall–Kier alpha value is -4.25. The molecule has 42 heavy (non-hydrogen) atoms. The quantitative estimate of drug-likeness (QED) is 0.193. The molecule has 0 aliphatic heterocycles. The Morgan fingerprint density at radius 2 is 1.48 bits per heavy atom. The van der Waals surface area contributed by atoms with Gasteiger partial charge in [-0.25, -0.2) is 22.8 Å². The van der Waals surface area contributed by atoms with E-state index in [9.17, 15) is 27.9 Å². The van der Waals surface area contributed by atoms with Gasteiger partial charge >= 0.3 is 12.1 Å². The Morgan fingerprint density at radius 3 is 2.12 bits per heavy atom. The van der Waals surface area contributed by atoms with Gasteiger partial charge in [0, 0.05) is 31.2 Å². The summed E-state index contributed by atoms with van der Waals surface area (Å²) >= 11 is 0. The summed E-state index contributed by atoms with van der Waals surface area (Å²) in [5, 5.41) is 9.27. The van der Waals surface area contributed by atoms with E-state index in [0.717, 1.165) is 17.7 Å². The average molecular weight is 590 g/mol. The predicted molar refractivity (Wildman–Crippen MR) is 148 cm³/mol. The van der Waals surface area contributed by atoms with Crippen molar-refractivity contribution in [3.8, 4) is 11.5 Å². The molecule has 0 fully saturated rings. The van der Waals surface area contributed by atoms with Crippen LogP contribution in [0, 0.1) is 17.5 Å². The minimum Gasteiger partial charge on any atom is -0.494 e. The van der Waals surface area contributed by atoms with E-state index in [2.05, 4.69) is 0 Å². The smallest absolute Gasteiger partial charge is 0.410 e. The van der Waals surface area contributed by atoms with Gasteiger partial charge in [0.05, 0.1) is 13.2 Å². The van der Waals surface area contributed by atoms with Gasteiger partial charge in [-0.15, -0.1) is 0 Å². The highest BCUT2D eigenvalue weighted by Crippen LogP contribution is 2.16.